The van der Waals surface area contributed by atoms with E-state index in [2.05, 4.69) is 53.9 Å². The number of rotatable bonds is 6. The number of amides is 2. The standard InChI is InChI=1S/C25H32N10O/c1-17(2)13-35-22-8-20(27-9-18(22)10-29-35)23-21(12-28-31-23)30-24(36)34-7-6-33(15-25(34)4-5-25)14-19-11-26-16-32(19)3/h8-12,16-17H,4-7,13-15H2,1-3H3,(H,28,31)(H,30,36). The number of hydrogen-bond donors (Lipinski definition) is 2. The number of nitrogens with one attached hydrogen (secondary N) is 2. The van der Waals surface area contributed by atoms with E-state index in [0.29, 0.717) is 23.8 Å². The molecule has 188 valence electrons. The average Bonchev–Trinajstić information content (AvgIpc) is 3.16. The van der Waals surface area contributed by atoms with Gasteiger partial charge in [-0.05, 0) is 24.8 Å². The highest BCUT2D eigenvalue weighted by Crippen LogP contribution is 2.45. The van der Waals surface area contributed by atoms with Crippen LogP contribution in [0, 0.1) is 5.92 Å². The quantitative estimate of drug-likeness (QED) is 0.431. The highest BCUT2D eigenvalue weighted by molar-refractivity contribution is 5.94. The minimum atomic E-state index is -0.0919. The number of imidazole rings is 1. The molecular formula is C25H32N10O. The van der Waals surface area contributed by atoms with Gasteiger partial charge in [0.05, 0.1) is 46.9 Å². The average molecular weight is 489 g/mol. The summed E-state index contributed by atoms with van der Waals surface area (Å²) in [7, 11) is 2.02. The molecule has 0 atom stereocenters. The molecule has 0 aromatic carbocycles. The second kappa shape index (κ2) is 8.74. The lowest BCUT2D eigenvalue weighted by Gasteiger charge is -2.42. The summed E-state index contributed by atoms with van der Waals surface area (Å²) < 4.78 is 4.06. The molecule has 0 radical (unpaired) electrons. The smallest absolute Gasteiger partial charge is 0.322 e. The highest BCUT2D eigenvalue weighted by atomic mass is 16.2. The maximum atomic E-state index is 13.4. The summed E-state index contributed by atoms with van der Waals surface area (Å²) in [5.74, 6) is 0.478. The van der Waals surface area contributed by atoms with Crippen molar-refractivity contribution in [2.24, 2.45) is 13.0 Å². The Morgan fingerprint density at radius 1 is 1.19 bits per heavy atom. The monoisotopic (exact) mass is 488 g/mol. The highest BCUT2D eigenvalue weighted by Gasteiger charge is 2.53. The van der Waals surface area contributed by atoms with Crippen molar-refractivity contribution in [3.8, 4) is 11.4 Å². The Bertz CT molecular complexity index is 1390. The summed E-state index contributed by atoms with van der Waals surface area (Å²) in [5.41, 5.74) is 4.17. The van der Waals surface area contributed by atoms with Gasteiger partial charge in [-0.2, -0.15) is 10.2 Å². The molecule has 11 nitrogen and oxygen atoms in total. The molecule has 11 heteroatoms. The fourth-order valence-electron chi connectivity index (χ4n) is 5.21. The number of aryl methyl sites for hydroxylation is 1. The number of aromatic amines is 1. The molecule has 1 saturated heterocycles. The fourth-order valence-corrected chi connectivity index (χ4v) is 5.21. The van der Waals surface area contributed by atoms with Crippen molar-refractivity contribution >= 4 is 22.6 Å². The van der Waals surface area contributed by atoms with Gasteiger partial charge in [-0.1, -0.05) is 13.8 Å². The molecule has 2 aliphatic rings. The van der Waals surface area contributed by atoms with E-state index in [1.165, 1.54) is 5.69 Å². The van der Waals surface area contributed by atoms with Gasteiger partial charge >= 0.3 is 6.03 Å². The molecule has 0 unspecified atom stereocenters. The predicted octanol–water partition coefficient (Wildman–Crippen LogP) is 3.09. The van der Waals surface area contributed by atoms with Gasteiger partial charge in [-0.3, -0.25) is 19.7 Å². The van der Waals surface area contributed by atoms with Crippen molar-refractivity contribution in [1.82, 2.24) is 44.3 Å². The summed E-state index contributed by atoms with van der Waals surface area (Å²) in [6.45, 7) is 8.41. The normalized spacial score (nSPS) is 17.4. The van der Waals surface area contributed by atoms with E-state index in [1.54, 1.807) is 6.20 Å². The Hall–Kier alpha value is -3.73. The maximum Gasteiger partial charge on any atom is 0.322 e. The van der Waals surface area contributed by atoms with Crippen LogP contribution >= 0.6 is 0 Å². The van der Waals surface area contributed by atoms with Crippen molar-refractivity contribution in [2.45, 2.75) is 45.3 Å². The Balaban J connectivity index is 1.18. The molecule has 4 aromatic heterocycles. The van der Waals surface area contributed by atoms with Crippen LogP contribution in [0.1, 0.15) is 32.4 Å². The fraction of sp³-hybridized carbons (Fsp3) is 0.480. The summed E-state index contributed by atoms with van der Waals surface area (Å²) >= 11 is 0. The zero-order valence-electron chi connectivity index (χ0n) is 21.0. The molecule has 1 saturated carbocycles. The molecule has 6 rings (SSSR count). The Kier molecular flexibility index (Phi) is 5.51. The third kappa shape index (κ3) is 4.13. The van der Waals surface area contributed by atoms with Gasteiger partial charge < -0.3 is 14.8 Å². The molecule has 1 aliphatic heterocycles. The first-order chi connectivity index (χ1) is 17.4. The van der Waals surface area contributed by atoms with Crippen LogP contribution in [0.5, 0.6) is 0 Å². The summed E-state index contributed by atoms with van der Waals surface area (Å²) in [6.07, 6.45) is 11.1. The van der Waals surface area contributed by atoms with Gasteiger partial charge in [0.2, 0.25) is 0 Å². The van der Waals surface area contributed by atoms with Crippen LogP contribution in [-0.2, 0) is 20.1 Å². The van der Waals surface area contributed by atoms with Gasteiger partial charge in [0, 0.05) is 57.6 Å². The third-order valence-electron chi connectivity index (χ3n) is 7.31. The minimum Gasteiger partial charge on any atom is -0.337 e. The SMILES string of the molecule is CC(C)Cn1ncc2cnc(-c3[nH]ncc3NC(=O)N3CCN(Cc4cncn4C)CC34CC4)cc21. The number of fused-ring (bicyclic) bond motifs is 1. The van der Waals surface area contributed by atoms with Crippen LogP contribution in [0.3, 0.4) is 0 Å². The van der Waals surface area contributed by atoms with Crippen LogP contribution in [0.15, 0.2) is 37.2 Å². The Morgan fingerprint density at radius 3 is 2.81 bits per heavy atom. The van der Waals surface area contributed by atoms with Crippen LogP contribution in [0.4, 0.5) is 10.5 Å². The van der Waals surface area contributed by atoms with Crippen LogP contribution in [-0.4, -0.2) is 75.5 Å². The van der Waals surface area contributed by atoms with Crippen molar-refractivity contribution in [2.75, 3.05) is 25.0 Å². The molecular weight excluding hydrogens is 456 g/mol. The molecule has 2 fully saturated rings. The second-order valence-electron chi connectivity index (χ2n) is 10.5. The van der Waals surface area contributed by atoms with Crippen molar-refractivity contribution in [1.29, 1.82) is 0 Å². The van der Waals surface area contributed by atoms with Gasteiger partial charge in [0.25, 0.3) is 0 Å². The van der Waals surface area contributed by atoms with Crippen LogP contribution in [0.2, 0.25) is 0 Å². The van der Waals surface area contributed by atoms with Gasteiger partial charge in [-0.15, -0.1) is 0 Å². The molecule has 2 N–H and O–H groups in total. The number of H-pyrrole nitrogens is 1. The second-order valence-corrected chi connectivity index (χ2v) is 10.5. The Labute approximate surface area is 209 Å². The number of carbonyl (C=O) groups is 1. The van der Waals surface area contributed by atoms with E-state index in [-0.39, 0.29) is 11.6 Å². The number of aromatic nitrogens is 7. The molecule has 1 spiro atoms. The van der Waals surface area contributed by atoms with E-state index < -0.39 is 0 Å². The van der Waals surface area contributed by atoms with Crippen molar-refractivity contribution < 1.29 is 4.79 Å². The topological polar surface area (TPSA) is 113 Å². The predicted molar refractivity (Wildman–Crippen MR) is 136 cm³/mol. The molecule has 36 heavy (non-hydrogen) atoms. The summed E-state index contributed by atoms with van der Waals surface area (Å²) in [6, 6.07) is 1.93. The van der Waals surface area contributed by atoms with E-state index >= 15 is 0 Å². The van der Waals surface area contributed by atoms with Crippen LogP contribution < -0.4 is 5.32 Å². The largest absolute Gasteiger partial charge is 0.337 e. The van der Waals surface area contributed by atoms with E-state index in [0.717, 1.165) is 55.6 Å². The molecule has 2 amide bonds. The minimum absolute atomic E-state index is 0.0822. The summed E-state index contributed by atoms with van der Waals surface area (Å²) in [5, 5.41) is 15.9. The third-order valence-corrected chi connectivity index (χ3v) is 7.31. The lowest BCUT2D eigenvalue weighted by atomic mass is 10.1. The summed E-state index contributed by atoms with van der Waals surface area (Å²) in [4.78, 5) is 26.7. The maximum absolute atomic E-state index is 13.4. The van der Waals surface area contributed by atoms with Gasteiger partial charge in [0.1, 0.15) is 5.69 Å². The number of urea groups is 1. The zero-order valence-corrected chi connectivity index (χ0v) is 21.0. The molecule has 4 aromatic rings. The first-order valence-corrected chi connectivity index (χ1v) is 12.5. The first-order valence-electron chi connectivity index (χ1n) is 12.5. The van der Waals surface area contributed by atoms with E-state index in [9.17, 15) is 4.79 Å². The van der Waals surface area contributed by atoms with Crippen LogP contribution in [0.25, 0.3) is 22.3 Å². The molecule has 1 aliphatic carbocycles. The number of nitrogens with zero attached hydrogens (tertiary/aromatic N) is 8. The van der Waals surface area contributed by atoms with E-state index in [1.807, 2.05) is 47.6 Å². The van der Waals surface area contributed by atoms with Crippen molar-refractivity contribution in [3.05, 3.63) is 42.9 Å². The van der Waals surface area contributed by atoms with E-state index in [4.69, 9.17) is 0 Å². The number of hydrogen-bond acceptors (Lipinski definition) is 6. The Morgan fingerprint density at radius 2 is 2.06 bits per heavy atom. The number of piperazine rings is 1. The van der Waals surface area contributed by atoms with Gasteiger partial charge in [0.15, 0.2) is 0 Å². The molecule has 0 bridgehead atoms. The number of carbonyl (C=O) groups excluding carboxylic acids is 1. The van der Waals surface area contributed by atoms with Gasteiger partial charge in [-0.25, -0.2) is 9.78 Å². The lowest BCUT2D eigenvalue weighted by Crippen LogP contribution is -2.57. The number of anilines is 1. The lowest BCUT2D eigenvalue weighted by molar-refractivity contribution is 0.0820. The first kappa shape index (κ1) is 22.7. The molecule has 5 heterocycles. The van der Waals surface area contributed by atoms with Crippen molar-refractivity contribution in [3.63, 3.8) is 0 Å². The zero-order chi connectivity index (χ0) is 24.9. The number of pyridine rings is 1.